The van der Waals surface area contributed by atoms with E-state index in [9.17, 15) is 28.4 Å². The number of fused-ring (bicyclic) bond motifs is 1. The van der Waals surface area contributed by atoms with Crippen molar-refractivity contribution in [3.8, 4) is 0 Å². The minimum absolute atomic E-state index is 0.00410. The number of imidazole rings is 1. The second-order valence-electron chi connectivity index (χ2n) is 19.7. The summed E-state index contributed by atoms with van der Waals surface area (Å²) in [6.07, 6.45) is 11.5. The highest BCUT2D eigenvalue weighted by Gasteiger charge is 2.34. The fraction of sp³-hybridized carbons (Fsp3) is 0.529. The average Bonchev–Trinajstić information content (AvgIpc) is 3.73. The number of piperidine rings is 5. The molecule has 5 saturated heterocycles. The van der Waals surface area contributed by atoms with Gasteiger partial charge in [0.05, 0.1) is 34.7 Å². The van der Waals surface area contributed by atoms with Gasteiger partial charge in [-0.1, -0.05) is 28.1 Å². The van der Waals surface area contributed by atoms with Gasteiger partial charge < -0.3 is 29.5 Å². The van der Waals surface area contributed by atoms with Crippen molar-refractivity contribution >= 4 is 73.6 Å². The lowest BCUT2D eigenvalue weighted by Gasteiger charge is -2.40. The van der Waals surface area contributed by atoms with E-state index >= 15 is 4.39 Å². The van der Waals surface area contributed by atoms with Gasteiger partial charge in [-0.2, -0.15) is 0 Å². The normalized spacial score (nSPS) is 20.6. The second kappa shape index (κ2) is 21.7. The third-order valence-electron chi connectivity index (χ3n) is 15.3. The number of aryl methyl sites for hydroxylation is 1. The number of amides is 5. The van der Waals surface area contributed by atoms with Crippen molar-refractivity contribution < 1.29 is 37.6 Å². The van der Waals surface area contributed by atoms with Gasteiger partial charge in [0.25, 0.3) is 11.8 Å². The number of hydrogen-bond donors (Lipinski definition) is 3. The molecular weight excluding hydrogens is 953 g/mol. The largest absolute Gasteiger partial charge is 0.372 e. The van der Waals surface area contributed by atoms with Crippen LogP contribution in [0.3, 0.4) is 0 Å². The molecule has 368 valence electrons. The highest BCUT2D eigenvalue weighted by molar-refractivity contribution is 9.10. The molecule has 1 unspecified atom stereocenters. The van der Waals surface area contributed by atoms with E-state index in [4.69, 9.17) is 4.84 Å². The number of benzene rings is 3. The predicted molar refractivity (Wildman–Crippen MR) is 260 cm³/mol. The van der Waals surface area contributed by atoms with Gasteiger partial charge in [-0.3, -0.25) is 34.1 Å². The Morgan fingerprint density at radius 1 is 0.826 bits per heavy atom. The quantitative estimate of drug-likeness (QED) is 0.0937. The van der Waals surface area contributed by atoms with Crippen molar-refractivity contribution in [3.63, 3.8) is 0 Å². The molecule has 0 bridgehead atoms. The minimum Gasteiger partial charge on any atom is -0.372 e. The van der Waals surface area contributed by atoms with Gasteiger partial charge >= 0.3 is 0 Å². The first-order chi connectivity index (χ1) is 33.4. The number of likely N-dealkylation sites (tertiary alicyclic amines) is 3. The number of hydroxylamine groups is 1. The van der Waals surface area contributed by atoms with E-state index in [1.54, 1.807) is 22.6 Å². The van der Waals surface area contributed by atoms with Crippen LogP contribution in [0, 0.1) is 35.3 Å². The van der Waals surface area contributed by atoms with E-state index in [-0.39, 0.29) is 57.9 Å². The Hall–Kier alpha value is -5.46. The molecule has 15 nitrogen and oxygen atoms in total. The molecule has 0 saturated carbocycles. The zero-order valence-corrected chi connectivity index (χ0v) is 40.8. The molecule has 5 fully saturated rings. The summed E-state index contributed by atoms with van der Waals surface area (Å²) < 4.78 is 32.5. The van der Waals surface area contributed by atoms with Gasteiger partial charge in [-0.15, -0.1) is 0 Å². The highest BCUT2D eigenvalue weighted by atomic mass is 79.9. The van der Waals surface area contributed by atoms with Gasteiger partial charge in [0.2, 0.25) is 17.7 Å². The van der Waals surface area contributed by atoms with Crippen LogP contribution in [0.4, 0.5) is 25.8 Å². The number of carbonyl (C=O) groups excluding carboxylic acids is 5. The van der Waals surface area contributed by atoms with Gasteiger partial charge in [0.15, 0.2) is 12.4 Å². The maximum atomic E-state index is 15.8. The lowest BCUT2D eigenvalue weighted by molar-refractivity contribution is -0.144. The molecule has 4 aromatic rings. The number of nitrogens with zero attached hydrogens (tertiary/aromatic N) is 6. The van der Waals surface area contributed by atoms with E-state index in [0.717, 1.165) is 88.7 Å². The minimum atomic E-state index is -0.846. The molecule has 18 heteroatoms. The molecule has 0 spiro atoms. The summed E-state index contributed by atoms with van der Waals surface area (Å²) in [5, 5.41) is 5.18. The summed E-state index contributed by atoms with van der Waals surface area (Å²) in [7, 11) is 1.66. The number of nitrogens with one attached hydrogen (secondary N) is 3. The van der Waals surface area contributed by atoms with E-state index in [1.807, 2.05) is 17.0 Å². The second-order valence-corrected chi connectivity index (χ2v) is 20.7. The summed E-state index contributed by atoms with van der Waals surface area (Å²) in [6, 6.07) is 13.9. The first-order valence-corrected chi connectivity index (χ1v) is 25.4. The SMILES string of the molecule is Cn1cnc2c(F)c(Nc3ccc(Br)cc3F)c(C(=O)NOCC(=O)N3CCC(C(=O)N4CCC(CC5CCN(CC6CCN(c7cccc(C8CCC(=O)NC8=O)c7)CC6)CC5)CC4)CC3)cc21. The standard InChI is InChI=1S/C51H62BrF2N9O6/c1-59-31-55-48-43(59)28-40(47(46(48)54)56-42-7-5-37(52)27-41(42)53)50(67)58-69-30-45(65)62-23-15-35(16-24-62)51(68)63-21-11-33(12-22-63)25-32-9-17-60(18-10-32)29-34-13-19-61(20-14-34)38-4-2-3-36(26-38)39-6-8-44(64)57-49(39)66/h2-5,7,26-28,31-35,39,56H,6,8-25,29-30H2,1H3,(H,58,67)(H,57,64,66). The van der Waals surface area contributed by atoms with Crippen LogP contribution in [0.15, 0.2) is 59.3 Å². The van der Waals surface area contributed by atoms with Crippen LogP contribution in [0.5, 0.6) is 0 Å². The average molecular weight is 1020 g/mol. The molecule has 69 heavy (non-hydrogen) atoms. The first kappa shape index (κ1) is 48.6. The Labute approximate surface area is 409 Å². The Bertz CT molecular complexity index is 2550. The molecule has 6 heterocycles. The Morgan fingerprint density at radius 2 is 1.52 bits per heavy atom. The zero-order valence-electron chi connectivity index (χ0n) is 39.2. The predicted octanol–water partition coefficient (Wildman–Crippen LogP) is 7.04. The van der Waals surface area contributed by atoms with Crippen LogP contribution in [-0.4, -0.2) is 119 Å². The highest BCUT2D eigenvalue weighted by Crippen LogP contribution is 2.35. The summed E-state index contributed by atoms with van der Waals surface area (Å²) in [4.78, 5) is 82.5. The number of imide groups is 1. The van der Waals surface area contributed by atoms with Crippen LogP contribution in [0.25, 0.3) is 11.0 Å². The van der Waals surface area contributed by atoms with Crippen LogP contribution in [-0.2, 0) is 31.1 Å². The van der Waals surface area contributed by atoms with E-state index in [0.29, 0.717) is 60.6 Å². The molecule has 9 rings (SSSR count). The van der Waals surface area contributed by atoms with Gasteiger partial charge in [-0.25, -0.2) is 19.2 Å². The molecule has 0 radical (unpaired) electrons. The Balaban J connectivity index is 0.656. The van der Waals surface area contributed by atoms with Crippen LogP contribution in [0.2, 0.25) is 0 Å². The van der Waals surface area contributed by atoms with Crippen molar-refractivity contribution in [2.45, 2.75) is 76.5 Å². The fourth-order valence-electron chi connectivity index (χ4n) is 11.1. The smallest absolute Gasteiger partial charge is 0.277 e. The maximum Gasteiger partial charge on any atom is 0.277 e. The number of rotatable bonds is 13. The van der Waals surface area contributed by atoms with E-state index in [2.05, 4.69) is 59.0 Å². The van der Waals surface area contributed by atoms with Crippen molar-refractivity contribution in [2.75, 3.05) is 75.7 Å². The maximum absolute atomic E-state index is 15.8. The molecule has 5 aliphatic rings. The van der Waals surface area contributed by atoms with Crippen molar-refractivity contribution in [1.82, 2.24) is 35.0 Å². The lowest BCUT2D eigenvalue weighted by Crippen LogP contribution is -2.47. The van der Waals surface area contributed by atoms with Gasteiger partial charge in [-0.05, 0) is 137 Å². The monoisotopic (exact) mass is 1010 g/mol. The van der Waals surface area contributed by atoms with Gasteiger partial charge in [0.1, 0.15) is 11.3 Å². The molecule has 5 amide bonds. The summed E-state index contributed by atoms with van der Waals surface area (Å²) in [6.45, 7) is 7.39. The molecule has 0 aliphatic carbocycles. The third-order valence-corrected chi connectivity index (χ3v) is 15.8. The Morgan fingerprint density at radius 3 is 2.23 bits per heavy atom. The van der Waals surface area contributed by atoms with Crippen molar-refractivity contribution in [3.05, 3.63) is 82.1 Å². The van der Waals surface area contributed by atoms with Crippen molar-refractivity contribution in [1.29, 1.82) is 0 Å². The first-order valence-electron chi connectivity index (χ1n) is 24.6. The fourth-order valence-corrected chi connectivity index (χ4v) is 11.5. The summed E-state index contributed by atoms with van der Waals surface area (Å²) in [5.41, 5.74) is 4.22. The molecule has 3 N–H and O–H groups in total. The Kier molecular flexibility index (Phi) is 15.3. The molecule has 5 aliphatic heterocycles. The lowest BCUT2D eigenvalue weighted by atomic mass is 9.82. The molecular formula is C51H62BrF2N9O6. The molecule has 1 atom stereocenters. The van der Waals surface area contributed by atoms with Crippen LogP contribution >= 0.6 is 15.9 Å². The van der Waals surface area contributed by atoms with E-state index in [1.165, 1.54) is 43.8 Å². The zero-order chi connectivity index (χ0) is 48.2. The summed E-state index contributed by atoms with van der Waals surface area (Å²) >= 11 is 3.21. The molecule has 1 aromatic heterocycles. The van der Waals surface area contributed by atoms with Crippen LogP contribution in [0.1, 0.15) is 92.5 Å². The number of aromatic nitrogens is 2. The van der Waals surface area contributed by atoms with Crippen molar-refractivity contribution in [2.24, 2.45) is 30.7 Å². The van der Waals surface area contributed by atoms with Crippen LogP contribution < -0.4 is 21.0 Å². The summed E-state index contributed by atoms with van der Waals surface area (Å²) in [5.74, 6) is -1.24. The number of halogens is 3. The molecule has 3 aromatic carbocycles. The topological polar surface area (TPSA) is 161 Å². The number of carbonyl (C=O) groups is 5. The number of hydrogen-bond acceptors (Lipinski definition) is 10. The number of anilines is 3. The third kappa shape index (κ3) is 11.4. The van der Waals surface area contributed by atoms with E-state index < -0.39 is 24.1 Å². The van der Waals surface area contributed by atoms with Gasteiger partial charge in [0, 0.05) is 75.4 Å².